The number of nitrogens with two attached hydrogens (primary N) is 1. The lowest BCUT2D eigenvalue weighted by Crippen LogP contribution is -2.42. The Kier molecular flexibility index (Phi) is 2.44. The van der Waals surface area contributed by atoms with Crippen molar-refractivity contribution < 1.29 is 9.47 Å². The molecule has 1 fully saturated rings. The Hall–Kier alpha value is -2.14. The fourth-order valence-electron chi connectivity index (χ4n) is 3.02. The van der Waals surface area contributed by atoms with Gasteiger partial charge < -0.3 is 15.2 Å². The quantitative estimate of drug-likeness (QED) is 0.793. The minimum atomic E-state index is -0.432. The zero-order valence-corrected chi connectivity index (χ0v) is 11.0. The smallest absolute Gasteiger partial charge is 0.220 e. The second-order valence-corrected chi connectivity index (χ2v) is 5.20. The summed E-state index contributed by atoms with van der Waals surface area (Å²) in [6.45, 7) is 1.34. The number of benzene rings is 1. The second-order valence-electron chi connectivity index (χ2n) is 5.20. The molecule has 1 saturated heterocycles. The molecule has 0 aliphatic carbocycles. The standard InChI is InChI=1S/C15H15N3O2/c16-14-17-9-11-10-3-1-2-4-12(10)20-15(13(11)18-14)5-7-19-8-6-15/h1-4,9H,5-8H2,(H2,16,17,18). The molecule has 2 aromatic rings. The molecule has 4 rings (SSSR count). The van der Waals surface area contributed by atoms with E-state index in [0.717, 1.165) is 35.4 Å². The first kappa shape index (κ1) is 11.7. The van der Waals surface area contributed by atoms with Gasteiger partial charge in [-0.05, 0) is 6.07 Å². The van der Waals surface area contributed by atoms with Crippen molar-refractivity contribution in [3.05, 3.63) is 36.2 Å². The van der Waals surface area contributed by atoms with Gasteiger partial charge in [0.2, 0.25) is 5.95 Å². The van der Waals surface area contributed by atoms with E-state index < -0.39 is 5.60 Å². The molecule has 5 nitrogen and oxygen atoms in total. The Morgan fingerprint density at radius 3 is 2.75 bits per heavy atom. The van der Waals surface area contributed by atoms with Crippen molar-refractivity contribution in [2.75, 3.05) is 18.9 Å². The molecule has 3 heterocycles. The molecule has 0 saturated carbocycles. The van der Waals surface area contributed by atoms with Crippen LogP contribution in [0.4, 0.5) is 5.95 Å². The Morgan fingerprint density at radius 1 is 1.10 bits per heavy atom. The molecule has 0 bridgehead atoms. The van der Waals surface area contributed by atoms with Crippen LogP contribution >= 0.6 is 0 Å². The van der Waals surface area contributed by atoms with Crippen LogP contribution in [0.15, 0.2) is 30.5 Å². The van der Waals surface area contributed by atoms with Gasteiger partial charge in [-0.15, -0.1) is 0 Å². The maximum Gasteiger partial charge on any atom is 0.220 e. The Balaban J connectivity index is 1.96. The van der Waals surface area contributed by atoms with Crippen molar-refractivity contribution in [3.8, 4) is 16.9 Å². The van der Waals surface area contributed by atoms with Gasteiger partial charge in [0.25, 0.3) is 0 Å². The van der Waals surface area contributed by atoms with Crippen LogP contribution in [-0.4, -0.2) is 23.2 Å². The number of ether oxygens (including phenoxy) is 2. The summed E-state index contributed by atoms with van der Waals surface area (Å²) in [4.78, 5) is 8.62. The van der Waals surface area contributed by atoms with Crippen LogP contribution in [0.3, 0.4) is 0 Å². The molecule has 5 heteroatoms. The lowest BCUT2D eigenvalue weighted by molar-refractivity contribution is -0.0540. The highest BCUT2D eigenvalue weighted by atomic mass is 16.5. The van der Waals surface area contributed by atoms with E-state index in [-0.39, 0.29) is 5.95 Å². The summed E-state index contributed by atoms with van der Waals surface area (Å²) in [5.74, 6) is 1.17. The van der Waals surface area contributed by atoms with Crippen LogP contribution in [0.2, 0.25) is 0 Å². The van der Waals surface area contributed by atoms with Crippen LogP contribution in [0, 0.1) is 0 Å². The predicted octanol–water partition coefficient (Wildman–Crippen LogP) is 2.12. The minimum Gasteiger partial charge on any atom is -0.480 e. The van der Waals surface area contributed by atoms with Crippen LogP contribution < -0.4 is 10.5 Å². The molecule has 1 aromatic heterocycles. The second kappa shape index (κ2) is 4.18. The summed E-state index contributed by atoms with van der Waals surface area (Å²) in [7, 11) is 0. The molecule has 102 valence electrons. The van der Waals surface area contributed by atoms with Crippen molar-refractivity contribution in [3.63, 3.8) is 0 Å². The molecule has 0 unspecified atom stereocenters. The molecule has 20 heavy (non-hydrogen) atoms. The van der Waals surface area contributed by atoms with Crippen LogP contribution in [0.25, 0.3) is 11.1 Å². The molecule has 1 aromatic carbocycles. The normalized spacial score (nSPS) is 19.0. The summed E-state index contributed by atoms with van der Waals surface area (Å²) in [6, 6.07) is 7.99. The fraction of sp³-hybridized carbons (Fsp3) is 0.333. The predicted molar refractivity (Wildman–Crippen MR) is 74.2 cm³/mol. The van der Waals surface area contributed by atoms with Crippen molar-refractivity contribution in [1.82, 2.24) is 9.97 Å². The molecule has 0 amide bonds. The number of anilines is 1. The van der Waals surface area contributed by atoms with Gasteiger partial charge in [-0.25, -0.2) is 9.97 Å². The number of nitrogen functional groups attached to an aromatic ring is 1. The third-order valence-corrected chi connectivity index (χ3v) is 4.02. The first-order chi connectivity index (χ1) is 9.78. The highest BCUT2D eigenvalue weighted by molar-refractivity contribution is 5.75. The van der Waals surface area contributed by atoms with Crippen LogP contribution in [-0.2, 0) is 10.3 Å². The number of hydrogen-bond acceptors (Lipinski definition) is 5. The fourth-order valence-corrected chi connectivity index (χ4v) is 3.02. The number of aromatic nitrogens is 2. The summed E-state index contributed by atoms with van der Waals surface area (Å²) in [5, 5.41) is 0. The largest absolute Gasteiger partial charge is 0.480 e. The average molecular weight is 269 g/mol. The summed E-state index contributed by atoms with van der Waals surface area (Å²) in [5.41, 5.74) is 8.29. The lowest BCUT2D eigenvalue weighted by Gasteiger charge is -2.41. The first-order valence-electron chi connectivity index (χ1n) is 6.78. The Morgan fingerprint density at radius 2 is 1.90 bits per heavy atom. The molecule has 2 N–H and O–H groups in total. The molecule has 0 radical (unpaired) electrons. The molecule has 0 atom stereocenters. The van der Waals surface area contributed by atoms with Crippen molar-refractivity contribution in [2.24, 2.45) is 0 Å². The SMILES string of the molecule is Nc1ncc2c(n1)C1(CCOCC1)Oc1ccccc1-2. The van der Waals surface area contributed by atoms with E-state index in [1.54, 1.807) is 6.20 Å². The first-order valence-corrected chi connectivity index (χ1v) is 6.78. The van der Waals surface area contributed by atoms with Crippen LogP contribution in [0.5, 0.6) is 5.75 Å². The van der Waals surface area contributed by atoms with E-state index in [2.05, 4.69) is 9.97 Å². The molecule has 1 spiro atoms. The number of rotatable bonds is 0. The molecular weight excluding hydrogens is 254 g/mol. The van der Waals surface area contributed by atoms with Gasteiger partial charge in [0, 0.05) is 30.2 Å². The number of hydrogen-bond donors (Lipinski definition) is 1. The van der Waals surface area contributed by atoms with Crippen molar-refractivity contribution >= 4 is 5.95 Å². The van der Waals surface area contributed by atoms with E-state index in [9.17, 15) is 0 Å². The third kappa shape index (κ3) is 1.59. The topological polar surface area (TPSA) is 70.3 Å². The van der Waals surface area contributed by atoms with Crippen molar-refractivity contribution in [1.29, 1.82) is 0 Å². The monoisotopic (exact) mass is 269 g/mol. The average Bonchev–Trinajstić information content (AvgIpc) is 2.49. The maximum absolute atomic E-state index is 6.32. The molecule has 2 aliphatic rings. The highest BCUT2D eigenvalue weighted by Gasteiger charge is 2.44. The van der Waals surface area contributed by atoms with Crippen LogP contribution in [0.1, 0.15) is 18.5 Å². The Bertz CT molecular complexity index is 666. The van der Waals surface area contributed by atoms with E-state index >= 15 is 0 Å². The van der Waals surface area contributed by atoms with Gasteiger partial charge in [0.05, 0.1) is 18.9 Å². The zero-order chi connectivity index (χ0) is 13.6. The third-order valence-electron chi connectivity index (χ3n) is 4.02. The number of nitrogens with zero attached hydrogens (tertiary/aromatic N) is 2. The highest BCUT2D eigenvalue weighted by Crippen LogP contribution is 2.48. The van der Waals surface area contributed by atoms with E-state index in [1.165, 1.54) is 0 Å². The van der Waals surface area contributed by atoms with E-state index in [0.29, 0.717) is 13.2 Å². The summed E-state index contributed by atoms with van der Waals surface area (Å²) >= 11 is 0. The lowest BCUT2D eigenvalue weighted by atomic mass is 9.83. The van der Waals surface area contributed by atoms with Gasteiger partial charge >= 0.3 is 0 Å². The van der Waals surface area contributed by atoms with Gasteiger partial charge in [-0.3, -0.25) is 0 Å². The van der Waals surface area contributed by atoms with Gasteiger partial charge in [-0.1, -0.05) is 18.2 Å². The van der Waals surface area contributed by atoms with Gasteiger partial charge in [0.15, 0.2) is 5.60 Å². The summed E-state index contributed by atoms with van der Waals surface area (Å²) < 4.78 is 11.8. The Labute approximate surface area is 116 Å². The molecule has 2 aliphatic heterocycles. The zero-order valence-electron chi connectivity index (χ0n) is 11.0. The van der Waals surface area contributed by atoms with E-state index in [4.69, 9.17) is 15.2 Å². The van der Waals surface area contributed by atoms with Crippen molar-refractivity contribution in [2.45, 2.75) is 18.4 Å². The minimum absolute atomic E-state index is 0.289. The summed E-state index contributed by atoms with van der Waals surface area (Å²) in [6.07, 6.45) is 3.37. The van der Waals surface area contributed by atoms with Gasteiger partial charge in [0.1, 0.15) is 5.75 Å². The molecular formula is C15H15N3O2. The number of para-hydroxylation sites is 1. The number of fused-ring (bicyclic) bond motifs is 4. The van der Waals surface area contributed by atoms with Gasteiger partial charge in [-0.2, -0.15) is 0 Å². The van der Waals surface area contributed by atoms with E-state index in [1.807, 2.05) is 24.3 Å². The maximum atomic E-state index is 6.32.